The van der Waals surface area contributed by atoms with Gasteiger partial charge in [0.15, 0.2) is 8.64 Å². The van der Waals surface area contributed by atoms with E-state index in [2.05, 4.69) is 46.1 Å². The van der Waals surface area contributed by atoms with Crippen molar-refractivity contribution in [3.63, 3.8) is 0 Å². The molecule has 4 heterocycles. The summed E-state index contributed by atoms with van der Waals surface area (Å²) < 4.78 is 28.3. The van der Waals surface area contributed by atoms with Gasteiger partial charge in [0, 0.05) is 26.2 Å². The molecule has 14 nitrogen and oxygen atoms in total. The average Bonchev–Trinajstić information content (AvgIpc) is 3.70. The molecule has 0 saturated carbocycles. The molecule has 2 aliphatic heterocycles. The van der Waals surface area contributed by atoms with Gasteiger partial charge in [-0.2, -0.15) is 10.0 Å². The summed E-state index contributed by atoms with van der Waals surface area (Å²) in [4.78, 5) is 8.07. The van der Waals surface area contributed by atoms with Crippen LogP contribution in [0.5, 0.6) is 0 Å². The molecule has 0 amide bonds. The molecule has 0 bridgehead atoms. The fourth-order valence-electron chi connectivity index (χ4n) is 3.06. The molecule has 212 valence electrons. The van der Waals surface area contributed by atoms with E-state index in [0.717, 1.165) is 39.0 Å². The number of nitrogens with one attached hydrogen (secondary N) is 2. The Bertz CT molecular complexity index is 1050. The van der Waals surface area contributed by atoms with Crippen LogP contribution in [0, 0.1) is 0 Å². The third kappa shape index (κ3) is 10.2. The van der Waals surface area contributed by atoms with Crippen LogP contribution in [0.15, 0.2) is 33.8 Å². The van der Waals surface area contributed by atoms with E-state index in [9.17, 15) is 0 Å². The first kappa shape index (κ1) is 34.4. The zero-order valence-electron chi connectivity index (χ0n) is 19.5. The van der Waals surface area contributed by atoms with Crippen molar-refractivity contribution in [1.82, 2.24) is 41.3 Å². The number of anilines is 2. The van der Waals surface area contributed by atoms with Crippen LogP contribution in [0.4, 0.5) is 12.0 Å². The molecule has 2 aromatic rings. The third-order valence-electron chi connectivity index (χ3n) is 4.41. The van der Waals surface area contributed by atoms with Crippen molar-refractivity contribution < 1.29 is 34.1 Å². The quantitative estimate of drug-likeness (QED) is 0.118. The van der Waals surface area contributed by atoms with Crippen molar-refractivity contribution in [3.8, 4) is 0 Å². The SMILES string of the molecule is S=C(S)N(c1ncco1)N(C(=S)[S-])N1CCCN1.S=C(S)N(c1ncco1)N(C(=S)[S-])N1CCCN1.[O]=[Mo+2]=[O]. The number of thiol groups is 2. The first-order valence-electron chi connectivity index (χ1n) is 10.4. The van der Waals surface area contributed by atoms with Gasteiger partial charge >= 0.3 is 37.3 Å². The number of hydrazine groups is 6. The molecule has 2 N–H and O–H groups in total. The maximum absolute atomic E-state index is 8.50. The van der Waals surface area contributed by atoms with Crippen molar-refractivity contribution in [2.45, 2.75) is 12.8 Å². The number of nitrogens with zero attached hydrogens (tertiary/aromatic N) is 8. The van der Waals surface area contributed by atoms with Crippen LogP contribution in [-0.2, 0) is 50.5 Å². The fourth-order valence-corrected chi connectivity index (χ4v) is 4.43. The monoisotopic (exact) mass is 770 g/mol. The van der Waals surface area contributed by atoms with E-state index in [4.69, 9.17) is 89.8 Å². The second-order valence-electron chi connectivity index (χ2n) is 6.77. The van der Waals surface area contributed by atoms with E-state index >= 15 is 0 Å². The van der Waals surface area contributed by atoms with E-state index in [-0.39, 0.29) is 29.3 Å². The molecule has 0 radical (unpaired) electrons. The van der Waals surface area contributed by atoms with Gasteiger partial charge in [-0.1, -0.05) is 24.4 Å². The zero-order chi connectivity index (χ0) is 28.9. The topological polar surface area (TPSA) is 130 Å². The van der Waals surface area contributed by atoms with Crippen LogP contribution in [0.3, 0.4) is 0 Å². The summed E-state index contributed by atoms with van der Waals surface area (Å²) in [5, 5.41) is 9.43. The van der Waals surface area contributed by atoms with Crippen LogP contribution < -0.4 is 20.9 Å². The number of aromatic nitrogens is 2. The van der Waals surface area contributed by atoms with Gasteiger partial charge in [0.2, 0.25) is 0 Å². The Hall–Kier alpha value is -0.752. The van der Waals surface area contributed by atoms with Gasteiger partial charge < -0.3 is 58.5 Å². The van der Waals surface area contributed by atoms with Crippen LogP contribution in [0.2, 0.25) is 0 Å². The summed E-state index contributed by atoms with van der Waals surface area (Å²) in [7, 11) is 0. The molecule has 0 aliphatic carbocycles. The maximum atomic E-state index is 8.50. The van der Waals surface area contributed by atoms with Gasteiger partial charge in [0.05, 0.1) is 12.4 Å². The van der Waals surface area contributed by atoms with Gasteiger partial charge in [0.25, 0.3) is 0 Å². The zero-order valence-corrected chi connectivity index (χ0v) is 28.2. The predicted molar refractivity (Wildman–Crippen MR) is 165 cm³/mol. The van der Waals surface area contributed by atoms with Gasteiger partial charge in [-0.25, -0.2) is 31.1 Å². The molecular weight excluding hydrogens is 749 g/mol. The normalized spacial score (nSPS) is 14.6. The second kappa shape index (κ2) is 17.9. The van der Waals surface area contributed by atoms with Crippen LogP contribution in [0.1, 0.15) is 12.8 Å². The van der Waals surface area contributed by atoms with Crippen molar-refractivity contribution in [1.29, 1.82) is 0 Å². The van der Waals surface area contributed by atoms with Gasteiger partial charge in [0.1, 0.15) is 12.5 Å². The summed E-state index contributed by atoms with van der Waals surface area (Å²) >= 11 is 36.8. The van der Waals surface area contributed by atoms with Crippen molar-refractivity contribution >= 4 is 129 Å². The summed E-state index contributed by atoms with van der Waals surface area (Å²) in [6, 6.07) is 0.520. The first-order valence-corrected chi connectivity index (χ1v) is 15.4. The van der Waals surface area contributed by atoms with Gasteiger partial charge in [-0.3, -0.25) is 0 Å². The summed E-state index contributed by atoms with van der Waals surface area (Å²) in [5.41, 5.74) is 6.27. The molecule has 4 rings (SSSR count). The Morgan fingerprint density at radius 3 is 1.41 bits per heavy atom. The molecule has 23 heteroatoms. The summed E-state index contributed by atoms with van der Waals surface area (Å²) in [6.45, 7) is 3.19. The van der Waals surface area contributed by atoms with Crippen molar-refractivity contribution in [3.05, 3.63) is 24.9 Å². The number of hydrogen-bond donors (Lipinski definition) is 4. The second-order valence-corrected chi connectivity index (χ2v) is 11.4. The van der Waals surface area contributed by atoms with Crippen LogP contribution in [0.25, 0.3) is 0 Å². The average molecular weight is 769 g/mol. The summed E-state index contributed by atoms with van der Waals surface area (Å²) in [6.07, 6.45) is 7.86. The van der Waals surface area contributed by atoms with E-state index < -0.39 is 18.5 Å². The molecule has 0 aromatic carbocycles. The Morgan fingerprint density at radius 1 is 0.846 bits per heavy atom. The molecule has 2 fully saturated rings. The number of hydrogen-bond acceptors (Lipinski definition) is 16. The van der Waals surface area contributed by atoms with E-state index in [0.29, 0.717) is 0 Å². The van der Waals surface area contributed by atoms with E-state index in [1.54, 1.807) is 10.2 Å². The Morgan fingerprint density at radius 2 is 1.21 bits per heavy atom. The number of thiocarbonyl (C=S) groups is 4. The van der Waals surface area contributed by atoms with Gasteiger partial charge in [-0.15, -0.1) is 35.5 Å². The first-order chi connectivity index (χ1) is 18.6. The van der Waals surface area contributed by atoms with Crippen molar-refractivity contribution in [2.75, 3.05) is 36.2 Å². The number of oxazole rings is 2. The molecule has 2 aromatic heterocycles. The Labute approximate surface area is 275 Å². The Kier molecular flexibility index (Phi) is 15.8. The molecule has 39 heavy (non-hydrogen) atoms. The standard InChI is InChI=1S/2C8H11N5OS4.Mo.2O/c2*15-7(16)12(6-9-3-5-14-6)13(8(17)18)11-4-1-2-10-11;;;/h2*3,5,10H,1-2,4H2,(H,15,16)(H,17,18);;;/q;;+2;;/p-2. The molecule has 2 aliphatic rings. The van der Waals surface area contributed by atoms with Crippen molar-refractivity contribution in [2.24, 2.45) is 0 Å². The molecule has 2 saturated heterocycles. The molecule has 0 spiro atoms. The fraction of sp³-hybridized carbons (Fsp3) is 0.375. The minimum absolute atomic E-state index is 0.194. The molecule has 0 unspecified atom stereocenters. The van der Waals surface area contributed by atoms with E-state index in [1.165, 1.54) is 45.2 Å². The number of rotatable bonds is 4. The minimum atomic E-state index is -2.03. The predicted octanol–water partition coefficient (Wildman–Crippen LogP) is 1.50. The molecule has 0 atom stereocenters. The summed E-state index contributed by atoms with van der Waals surface area (Å²) in [5.74, 6) is 0. The van der Waals surface area contributed by atoms with Gasteiger partial charge in [-0.05, 0) is 21.5 Å². The molecular formula is C16H20MoN10O4S8. The van der Waals surface area contributed by atoms with Crippen LogP contribution in [-0.4, -0.2) is 73.9 Å². The van der Waals surface area contributed by atoms with Crippen LogP contribution >= 0.6 is 74.1 Å². The Balaban J connectivity index is 0.000000249. The van der Waals surface area contributed by atoms with E-state index in [1.807, 2.05) is 0 Å². The third-order valence-corrected chi connectivity index (χ3v) is 5.79.